The van der Waals surface area contributed by atoms with Crippen LogP contribution in [0.3, 0.4) is 0 Å². The number of anilines is 2. The SMILES string of the molecule is O=C(CCN1C(=O)C(c2ccccc2F)=NC12CCCCCC2)Nc1ccc2c(c1)CC1(C2)C(=O)Nc2ncccc21. The van der Waals surface area contributed by atoms with E-state index >= 15 is 0 Å². The lowest BCUT2D eigenvalue weighted by Crippen LogP contribution is -2.47. The number of aliphatic imine (C=N–C) groups is 1. The van der Waals surface area contributed by atoms with Crippen LogP contribution in [0.25, 0.3) is 0 Å². The molecular formula is C33H32FN5O3. The number of nitrogens with zero attached hydrogens (tertiary/aromatic N) is 3. The van der Waals surface area contributed by atoms with Gasteiger partial charge in [-0.15, -0.1) is 0 Å². The van der Waals surface area contributed by atoms with E-state index < -0.39 is 16.9 Å². The first-order valence-electron chi connectivity index (χ1n) is 14.7. The maximum absolute atomic E-state index is 14.7. The Morgan fingerprint density at radius 1 is 0.976 bits per heavy atom. The summed E-state index contributed by atoms with van der Waals surface area (Å²) < 4.78 is 14.7. The predicted molar refractivity (Wildman–Crippen MR) is 157 cm³/mol. The molecule has 9 heteroatoms. The van der Waals surface area contributed by atoms with Crippen LogP contribution in [-0.2, 0) is 32.6 Å². The number of benzene rings is 2. The molecule has 3 amide bonds. The molecule has 3 heterocycles. The van der Waals surface area contributed by atoms with Crippen LogP contribution in [0.2, 0.25) is 0 Å². The maximum Gasteiger partial charge on any atom is 0.274 e. The topological polar surface area (TPSA) is 104 Å². The molecule has 42 heavy (non-hydrogen) atoms. The summed E-state index contributed by atoms with van der Waals surface area (Å²) in [7, 11) is 0. The molecule has 2 spiro atoms. The molecule has 1 fully saturated rings. The van der Waals surface area contributed by atoms with E-state index in [2.05, 4.69) is 15.6 Å². The monoisotopic (exact) mass is 565 g/mol. The highest BCUT2D eigenvalue weighted by Crippen LogP contribution is 2.47. The summed E-state index contributed by atoms with van der Waals surface area (Å²) in [6, 6.07) is 15.8. The number of rotatable bonds is 5. The zero-order chi connectivity index (χ0) is 28.9. The number of halogens is 1. The molecule has 1 unspecified atom stereocenters. The Morgan fingerprint density at radius 2 is 1.76 bits per heavy atom. The average Bonchev–Trinajstić information content (AvgIpc) is 3.50. The number of amides is 3. The molecule has 2 N–H and O–H groups in total. The van der Waals surface area contributed by atoms with E-state index in [1.807, 2.05) is 30.3 Å². The van der Waals surface area contributed by atoms with Crippen molar-refractivity contribution in [2.45, 2.75) is 68.9 Å². The van der Waals surface area contributed by atoms with E-state index in [0.717, 1.165) is 42.4 Å². The van der Waals surface area contributed by atoms with Gasteiger partial charge in [0.05, 0.1) is 5.41 Å². The Labute approximate surface area is 243 Å². The standard InChI is InChI=1S/C33H32FN5O3/c34-26-10-4-3-8-24(26)28-30(41)39(33(38-28)14-5-1-2-6-15-33)17-13-27(40)36-23-12-11-21-19-32(20-22(21)18-23)25-9-7-16-35-29(25)37-31(32)42/h3-4,7-12,16,18H,1-2,5-6,13-15,17,19-20H2,(H,36,40)(H,35,37,42). The molecule has 0 saturated heterocycles. The minimum absolute atomic E-state index is 0.0438. The summed E-state index contributed by atoms with van der Waals surface area (Å²) in [5.41, 5.74) is 2.62. The van der Waals surface area contributed by atoms with Gasteiger partial charge in [-0.1, -0.05) is 37.1 Å². The molecule has 2 aliphatic carbocycles. The first-order valence-corrected chi connectivity index (χ1v) is 14.7. The number of carbonyl (C=O) groups excluding carboxylic acids is 3. The van der Waals surface area contributed by atoms with Crippen LogP contribution in [0.4, 0.5) is 15.9 Å². The van der Waals surface area contributed by atoms with Crippen molar-refractivity contribution in [2.75, 3.05) is 17.2 Å². The summed E-state index contributed by atoms with van der Waals surface area (Å²) in [5.74, 6) is -0.429. The Kier molecular flexibility index (Phi) is 6.40. The zero-order valence-corrected chi connectivity index (χ0v) is 23.3. The minimum Gasteiger partial charge on any atom is -0.326 e. The lowest BCUT2D eigenvalue weighted by molar-refractivity contribution is -0.129. The van der Waals surface area contributed by atoms with Crippen molar-refractivity contribution in [3.8, 4) is 0 Å². The van der Waals surface area contributed by atoms with E-state index in [1.54, 1.807) is 29.3 Å². The van der Waals surface area contributed by atoms with Crippen molar-refractivity contribution in [1.82, 2.24) is 9.88 Å². The summed E-state index contributed by atoms with van der Waals surface area (Å²) in [6.07, 6.45) is 8.30. The third kappa shape index (κ3) is 4.30. The van der Waals surface area contributed by atoms with Crippen molar-refractivity contribution in [2.24, 2.45) is 4.99 Å². The summed E-state index contributed by atoms with van der Waals surface area (Å²) in [4.78, 5) is 50.7. The quantitative estimate of drug-likeness (QED) is 0.458. The molecule has 0 bridgehead atoms. The Morgan fingerprint density at radius 3 is 2.57 bits per heavy atom. The van der Waals surface area contributed by atoms with E-state index in [0.29, 0.717) is 37.2 Å². The fraction of sp³-hybridized carbons (Fsp3) is 0.364. The van der Waals surface area contributed by atoms with Crippen molar-refractivity contribution in [1.29, 1.82) is 0 Å². The van der Waals surface area contributed by atoms with Gasteiger partial charge in [-0.05, 0) is 80.0 Å². The predicted octanol–water partition coefficient (Wildman–Crippen LogP) is 4.92. The van der Waals surface area contributed by atoms with Crippen molar-refractivity contribution in [3.63, 3.8) is 0 Å². The van der Waals surface area contributed by atoms with Gasteiger partial charge in [0.25, 0.3) is 5.91 Å². The van der Waals surface area contributed by atoms with E-state index in [1.165, 1.54) is 6.07 Å². The van der Waals surface area contributed by atoms with E-state index in [4.69, 9.17) is 4.99 Å². The molecule has 214 valence electrons. The van der Waals surface area contributed by atoms with Gasteiger partial charge in [-0.3, -0.25) is 19.4 Å². The highest BCUT2D eigenvalue weighted by molar-refractivity contribution is 6.46. The number of carbonyl (C=O) groups is 3. The van der Waals surface area contributed by atoms with Gasteiger partial charge in [-0.25, -0.2) is 9.37 Å². The summed E-state index contributed by atoms with van der Waals surface area (Å²) in [5, 5.41) is 5.91. The molecule has 2 aliphatic heterocycles. The lowest BCUT2D eigenvalue weighted by atomic mass is 9.79. The van der Waals surface area contributed by atoms with Crippen molar-refractivity contribution in [3.05, 3.63) is 88.9 Å². The normalized spacial score (nSPS) is 22.1. The third-order valence-electron chi connectivity index (χ3n) is 9.33. The second kappa shape index (κ2) is 10.2. The number of hydrogen-bond donors (Lipinski definition) is 2. The highest BCUT2D eigenvalue weighted by atomic mass is 19.1. The van der Waals surface area contributed by atoms with Crippen molar-refractivity contribution < 1.29 is 18.8 Å². The number of fused-ring (bicyclic) bond motifs is 3. The number of pyridine rings is 1. The second-order valence-corrected chi connectivity index (χ2v) is 11.9. The summed E-state index contributed by atoms with van der Waals surface area (Å²) in [6.45, 7) is 0.199. The molecule has 4 aliphatic rings. The Bertz CT molecular complexity index is 1640. The maximum atomic E-state index is 14.7. The Balaban J connectivity index is 1.06. The van der Waals surface area contributed by atoms with Crippen LogP contribution in [0.15, 0.2) is 65.8 Å². The first kappa shape index (κ1) is 26.5. The summed E-state index contributed by atoms with van der Waals surface area (Å²) >= 11 is 0. The van der Waals surface area contributed by atoms with Crippen LogP contribution in [-0.4, -0.2) is 45.5 Å². The van der Waals surface area contributed by atoms with Gasteiger partial charge >= 0.3 is 0 Å². The highest BCUT2D eigenvalue weighted by Gasteiger charge is 2.51. The van der Waals surface area contributed by atoms with Gasteiger partial charge in [-0.2, -0.15) is 0 Å². The molecule has 1 aromatic heterocycles. The molecule has 1 saturated carbocycles. The number of nitrogens with one attached hydrogen (secondary N) is 2. The van der Waals surface area contributed by atoms with E-state index in [-0.39, 0.29) is 42.0 Å². The van der Waals surface area contributed by atoms with Gasteiger partial charge in [0.1, 0.15) is 23.0 Å². The molecular weight excluding hydrogens is 533 g/mol. The second-order valence-electron chi connectivity index (χ2n) is 11.9. The van der Waals surface area contributed by atoms with Gasteiger partial charge < -0.3 is 15.5 Å². The zero-order valence-electron chi connectivity index (χ0n) is 23.3. The van der Waals surface area contributed by atoms with Crippen LogP contribution in [0.1, 0.15) is 67.2 Å². The van der Waals surface area contributed by atoms with E-state index in [9.17, 15) is 18.8 Å². The molecule has 1 atom stereocenters. The number of hydrogen-bond acceptors (Lipinski definition) is 5. The Hall–Kier alpha value is -4.40. The van der Waals surface area contributed by atoms with Gasteiger partial charge in [0.2, 0.25) is 11.8 Å². The van der Waals surface area contributed by atoms with Crippen LogP contribution < -0.4 is 10.6 Å². The van der Waals surface area contributed by atoms with Crippen LogP contribution in [0, 0.1) is 5.82 Å². The first-order chi connectivity index (χ1) is 20.4. The largest absolute Gasteiger partial charge is 0.326 e. The smallest absolute Gasteiger partial charge is 0.274 e. The molecule has 2 aromatic carbocycles. The molecule has 7 rings (SSSR count). The van der Waals surface area contributed by atoms with Crippen LogP contribution >= 0.6 is 0 Å². The minimum atomic E-state index is -0.736. The fourth-order valence-corrected chi connectivity index (χ4v) is 7.23. The molecule has 0 radical (unpaired) electrons. The fourth-order valence-electron chi connectivity index (χ4n) is 7.23. The molecule has 3 aromatic rings. The van der Waals surface area contributed by atoms with Crippen molar-refractivity contribution >= 4 is 34.9 Å². The average molecular weight is 566 g/mol. The number of aromatic nitrogens is 1. The third-order valence-corrected chi connectivity index (χ3v) is 9.33. The lowest BCUT2D eigenvalue weighted by Gasteiger charge is -2.35. The van der Waals surface area contributed by atoms with Gasteiger partial charge in [0.15, 0.2) is 0 Å². The van der Waals surface area contributed by atoms with Crippen LogP contribution in [0.5, 0.6) is 0 Å². The molecule has 8 nitrogen and oxygen atoms in total. The van der Waals surface area contributed by atoms with Gasteiger partial charge in [0, 0.05) is 36.0 Å².